The second kappa shape index (κ2) is 15.2. The van der Waals surface area contributed by atoms with Gasteiger partial charge in [-0.25, -0.2) is 0 Å². The standard InChI is InChI=1S/C29H42BrN3O3/c1-3-4-17-32(22-27-12-8-18-31(27)21-24-13-15-26(30)16-14-24)28(34)23-33(19-9-20-36-2)29(35)25-10-6-5-7-11-25/h8,12-16,18,25H,3-7,9-11,17,19-23H2,1-2H3. The molecule has 3 rings (SSSR count). The van der Waals surface area contributed by atoms with Crippen molar-refractivity contribution in [3.8, 4) is 0 Å². The van der Waals surface area contributed by atoms with Crippen LogP contribution < -0.4 is 0 Å². The van der Waals surface area contributed by atoms with E-state index in [4.69, 9.17) is 4.74 Å². The molecule has 1 aliphatic rings. The van der Waals surface area contributed by atoms with Gasteiger partial charge >= 0.3 is 0 Å². The Morgan fingerprint density at radius 1 is 1.03 bits per heavy atom. The molecule has 1 aromatic carbocycles. The third-order valence-corrected chi connectivity index (χ3v) is 7.57. The third-order valence-electron chi connectivity index (χ3n) is 7.05. The first-order valence-electron chi connectivity index (χ1n) is 13.5. The maximum absolute atomic E-state index is 13.6. The van der Waals surface area contributed by atoms with Gasteiger partial charge in [-0.15, -0.1) is 0 Å². The van der Waals surface area contributed by atoms with Crippen LogP contribution >= 0.6 is 15.9 Å². The van der Waals surface area contributed by atoms with Gasteiger partial charge in [0.15, 0.2) is 0 Å². The molecule has 1 fully saturated rings. The van der Waals surface area contributed by atoms with Gasteiger partial charge in [0.2, 0.25) is 11.8 Å². The molecule has 0 bridgehead atoms. The van der Waals surface area contributed by atoms with E-state index in [0.29, 0.717) is 26.2 Å². The fourth-order valence-electron chi connectivity index (χ4n) is 4.91. The van der Waals surface area contributed by atoms with Crippen molar-refractivity contribution < 1.29 is 14.3 Å². The second-order valence-electron chi connectivity index (χ2n) is 9.86. The Hall–Kier alpha value is -2.12. The van der Waals surface area contributed by atoms with Gasteiger partial charge in [0, 0.05) is 55.6 Å². The Morgan fingerprint density at radius 2 is 1.75 bits per heavy atom. The number of amides is 2. The van der Waals surface area contributed by atoms with Crippen molar-refractivity contribution in [1.82, 2.24) is 14.4 Å². The summed E-state index contributed by atoms with van der Waals surface area (Å²) in [5.74, 6) is 0.232. The monoisotopic (exact) mass is 559 g/mol. The molecule has 1 aromatic heterocycles. The van der Waals surface area contributed by atoms with Gasteiger partial charge in [-0.2, -0.15) is 0 Å². The van der Waals surface area contributed by atoms with E-state index in [1.165, 1.54) is 12.0 Å². The lowest BCUT2D eigenvalue weighted by atomic mass is 9.88. The number of nitrogens with zero attached hydrogens (tertiary/aromatic N) is 3. The van der Waals surface area contributed by atoms with Crippen molar-refractivity contribution in [3.05, 3.63) is 58.3 Å². The molecule has 0 N–H and O–H groups in total. The minimum Gasteiger partial charge on any atom is -0.385 e. The highest BCUT2D eigenvalue weighted by molar-refractivity contribution is 9.10. The topological polar surface area (TPSA) is 54.8 Å². The fraction of sp³-hybridized carbons (Fsp3) is 0.586. The number of hydrogen-bond acceptors (Lipinski definition) is 3. The largest absolute Gasteiger partial charge is 0.385 e. The molecule has 6 nitrogen and oxygen atoms in total. The Labute approximate surface area is 225 Å². The van der Waals surface area contributed by atoms with E-state index in [9.17, 15) is 9.59 Å². The van der Waals surface area contributed by atoms with E-state index in [1.54, 1.807) is 12.0 Å². The Morgan fingerprint density at radius 3 is 2.44 bits per heavy atom. The number of methoxy groups -OCH3 is 1. The molecule has 1 saturated carbocycles. The van der Waals surface area contributed by atoms with Crippen molar-refractivity contribution in [2.45, 2.75) is 71.4 Å². The molecule has 1 aliphatic carbocycles. The zero-order valence-corrected chi connectivity index (χ0v) is 23.5. The zero-order chi connectivity index (χ0) is 25.8. The lowest BCUT2D eigenvalue weighted by molar-refractivity contribution is -0.144. The highest BCUT2D eigenvalue weighted by atomic mass is 79.9. The molecule has 0 unspecified atom stereocenters. The van der Waals surface area contributed by atoms with Gasteiger partial charge in [0.25, 0.3) is 0 Å². The Balaban J connectivity index is 1.70. The molecular formula is C29H42BrN3O3. The molecule has 0 spiro atoms. The number of unbranched alkanes of at least 4 members (excludes halogenated alkanes) is 1. The molecule has 2 aromatic rings. The highest BCUT2D eigenvalue weighted by Gasteiger charge is 2.28. The molecule has 36 heavy (non-hydrogen) atoms. The maximum atomic E-state index is 13.6. The Bertz CT molecular complexity index is 937. The SMILES string of the molecule is CCCCN(Cc1cccn1Cc1ccc(Br)cc1)C(=O)CN(CCCOC)C(=O)C1CCCCC1. The molecule has 2 amide bonds. The normalized spacial score (nSPS) is 14.1. The van der Waals surface area contributed by atoms with Crippen LogP contribution in [0.4, 0.5) is 0 Å². The summed E-state index contributed by atoms with van der Waals surface area (Å²) in [5.41, 5.74) is 2.32. The number of rotatable bonds is 14. The van der Waals surface area contributed by atoms with Crippen LogP contribution in [0.1, 0.15) is 69.5 Å². The van der Waals surface area contributed by atoms with Crippen LogP contribution in [0.5, 0.6) is 0 Å². The predicted octanol–water partition coefficient (Wildman–Crippen LogP) is 5.87. The van der Waals surface area contributed by atoms with Crippen LogP contribution in [-0.2, 0) is 27.4 Å². The van der Waals surface area contributed by atoms with Gasteiger partial charge in [0.05, 0.1) is 13.1 Å². The summed E-state index contributed by atoms with van der Waals surface area (Å²) in [4.78, 5) is 30.7. The zero-order valence-electron chi connectivity index (χ0n) is 22.0. The van der Waals surface area contributed by atoms with Gasteiger partial charge in [-0.05, 0) is 55.5 Å². The number of hydrogen-bond donors (Lipinski definition) is 0. The molecular weight excluding hydrogens is 518 g/mol. The van der Waals surface area contributed by atoms with Gasteiger partial charge < -0.3 is 19.1 Å². The van der Waals surface area contributed by atoms with Crippen LogP contribution in [0.25, 0.3) is 0 Å². The molecule has 0 aliphatic heterocycles. The first-order chi connectivity index (χ1) is 17.5. The summed E-state index contributed by atoms with van der Waals surface area (Å²) >= 11 is 3.50. The third kappa shape index (κ3) is 8.77. The number of benzene rings is 1. The van der Waals surface area contributed by atoms with E-state index in [1.807, 2.05) is 11.0 Å². The summed E-state index contributed by atoms with van der Waals surface area (Å²) < 4.78 is 8.49. The molecule has 1 heterocycles. The minimum atomic E-state index is 0.0291. The fourth-order valence-corrected chi connectivity index (χ4v) is 5.17. The molecule has 0 saturated heterocycles. The predicted molar refractivity (Wildman–Crippen MR) is 148 cm³/mol. The van der Waals surface area contributed by atoms with Crippen molar-refractivity contribution in [3.63, 3.8) is 0 Å². The van der Waals surface area contributed by atoms with E-state index in [-0.39, 0.29) is 24.3 Å². The summed E-state index contributed by atoms with van der Waals surface area (Å²) in [7, 11) is 1.67. The maximum Gasteiger partial charge on any atom is 0.242 e. The first-order valence-corrected chi connectivity index (χ1v) is 14.2. The number of halogens is 1. The van der Waals surface area contributed by atoms with Crippen molar-refractivity contribution >= 4 is 27.7 Å². The van der Waals surface area contributed by atoms with Crippen molar-refractivity contribution in [1.29, 1.82) is 0 Å². The second-order valence-corrected chi connectivity index (χ2v) is 10.8. The van der Waals surface area contributed by atoms with Gasteiger partial charge in [-0.3, -0.25) is 9.59 Å². The van der Waals surface area contributed by atoms with E-state index in [0.717, 1.165) is 61.7 Å². The molecule has 198 valence electrons. The number of carbonyl (C=O) groups is 2. The van der Waals surface area contributed by atoms with Crippen LogP contribution in [0.3, 0.4) is 0 Å². The van der Waals surface area contributed by atoms with Crippen molar-refractivity contribution in [2.24, 2.45) is 5.92 Å². The van der Waals surface area contributed by atoms with Crippen LogP contribution in [0.2, 0.25) is 0 Å². The number of aromatic nitrogens is 1. The van der Waals surface area contributed by atoms with E-state index in [2.05, 4.69) is 63.9 Å². The molecule has 0 atom stereocenters. The minimum absolute atomic E-state index is 0.0291. The molecule has 0 radical (unpaired) electrons. The first kappa shape index (κ1) is 28.5. The van der Waals surface area contributed by atoms with Crippen LogP contribution in [0.15, 0.2) is 47.1 Å². The Kier molecular flexibility index (Phi) is 12.0. The summed E-state index contributed by atoms with van der Waals surface area (Å²) in [6.45, 7) is 5.45. The van der Waals surface area contributed by atoms with E-state index < -0.39 is 0 Å². The average Bonchev–Trinajstić information content (AvgIpc) is 3.33. The summed E-state index contributed by atoms with van der Waals surface area (Å²) in [6.07, 6.45) is 10.1. The highest BCUT2D eigenvalue weighted by Crippen LogP contribution is 2.25. The van der Waals surface area contributed by atoms with Crippen LogP contribution in [0, 0.1) is 5.92 Å². The lowest BCUT2D eigenvalue weighted by Crippen LogP contribution is -2.46. The smallest absolute Gasteiger partial charge is 0.242 e. The van der Waals surface area contributed by atoms with Gasteiger partial charge in [0.1, 0.15) is 0 Å². The van der Waals surface area contributed by atoms with Gasteiger partial charge in [-0.1, -0.05) is 60.7 Å². The quantitative estimate of drug-likeness (QED) is 0.272. The molecule has 7 heteroatoms. The van der Waals surface area contributed by atoms with Crippen LogP contribution in [-0.4, -0.2) is 59.5 Å². The summed E-state index contributed by atoms with van der Waals surface area (Å²) in [5, 5.41) is 0. The van der Waals surface area contributed by atoms with E-state index >= 15 is 0 Å². The number of carbonyl (C=O) groups excluding carboxylic acids is 2. The van der Waals surface area contributed by atoms with Crippen molar-refractivity contribution in [2.75, 3.05) is 33.4 Å². The average molecular weight is 561 g/mol. The summed E-state index contributed by atoms with van der Waals surface area (Å²) in [6, 6.07) is 12.5. The lowest BCUT2D eigenvalue weighted by Gasteiger charge is -2.31. The number of ether oxygens (including phenoxy) is 1.